The summed E-state index contributed by atoms with van der Waals surface area (Å²) in [6.07, 6.45) is 1.84. The molecule has 9 heteroatoms. The number of fused-ring (bicyclic) bond motifs is 1. The van der Waals surface area contributed by atoms with Crippen LogP contribution in [-0.4, -0.2) is 28.8 Å². The molecular weight excluding hydrogens is 517 g/mol. The average molecular weight is 546 g/mol. The number of para-hydroxylation sites is 1. The number of thiazole rings is 1. The van der Waals surface area contributed by atoms with Crippen molar-refractivity contribution in [1.82, 2.24) is 9.13 Å². The summed E-state index contributed by atoms with van der Waals surface area (Å²) >= 11 is 1.26. The van der Waals surface area contributed by atoms with E-state index in [1.54, 1.807) is 43.7 Å². The van der Waals surface area contributed by atoms with Gasteiger partial charge in [0.05, 0.1) is 29.5 Å². The number of hydrogen-bond acceptors (Lipinski definition) is 6. The zero-order chi connectivity index (χ0) is 27.8. The van der Waals surface area contributed by atoms with Crippen LogP contribution >= 0.6 is 11.3 Å². The van der Waals surface area contributed by atoms with E-state index in [1.807, 2.05) is 48.8 Å². The fourth-order valence-corrected chi connectivity index (χ4v) is 6.08. The Balaban J connectivity index is 1.71. The molecule has 0 amide bonds. The van der Waals surface area contributed by atoms with Crippen LogP contribution < -0.4 is 19.6 Å². The minimum absolute atomic E-state index is 0.197. The van der Waals surface area contributed by atoms with Crippen molar-refractivity contribution in [2.24, 2.45) is 4.99 Å². The van der Waals surface area contributed by atoms with E-state index in [4.69, 9.17) is 9.47 Å². The Labute approximate surface area is 228 Å². The summed E-state index contributed by atoms with van der Waals surface area (Å²) in [7, 11) is 1.56. The van der Waals surface area contributed by atoms with Gasteiger partial charge in [0.15, 0.2) is 4.80 Å². The van der Waals surface area contributed by atoms with Gasteiger partial charge in [-0.05, 0) is 75.7 Å². The van der Waals surface area contributed by atoms with Gasteiger partial charge in [0, 0.05) is 22.6 Å². The largest absolute Gasteiger partial charge is 0.496 e. The van der Waals surface area contributed by atoms with E-state index >= 15 is 0 Å². The Kier molecular flexibility index (Phi) is 7.10. The van der Waals surface area contributed by atoms with Crippen molar-refractivity contribution >= 4 is 23.4 Å². The normalized spacial score (nSPS) is 15.2. The van der Waals surface area contributed by atoms with Crippen LogP contribution in [-0.2, 0) is 9.53 Å². The first kappa shape index (κ1) is 26.4. The lowest BCUT2D eigenvalue weighted by atomic mass is 9.95. The number of ether oxygens (including phenoxy) is 2. The van der Waals surface area contributed by atoms with E-state index in [9.17, 15) is 14.0 Å². The molecule has 0 fully saturated rings. The van der Waals surface area contributed by atoms with Gasteiger partial charge in [-0.2, -0.15) is 0 Å². The van der Waals surface area contributed by atoms with Gasteiger partial charge in [-0.3, -0.25) is 9.36 Å². The maximum absolute atomic E-state index is 14.0. The molecule has 5 rings (SSSR count). The molecule has 0 spiro atoms. The third kappa shape index (κ3) is 4.63. The van der Waals surface area contributed by atoms with E-state index in [0.717, 1.165) is 22.6 Å². The Bertz CT molecular complexity index is 1790. The van der Waals surface area contributed by atoms with E-state index < -0.39 is 12.0 Å². The highest BCUT2D eigenvalue weighted by Gasteiger charge is 2.35. The highest BCUT2D eigenvalue weighted by Crippen LogP contribution is 2.35. The van der Waals surface area contributed by atoms with Gasteiger partial charge in [-0.25, -0.2) is 14.2 Å². The first-order valence-corrected chi connectivity index (χ1v) is 13.3. The molecule has 2 aromatic heterocycles. The number of allylic oxidation sites excluding steroid dienone is 1. The van der Waals surface area contributed by atoms with Gasteiger partial charge < -0.3 is 14.0 Å². The van der Waals surface area contributed by atoms with Crippen molar-refractivity contribution in [2.75, 3.05) is 13.7 Å². The van der Waals surface area contributed by atoms with Crippen LogP contribution in [0.1, 0.15) is 42.4 Å². The fraction of sp³-hybridized carbons (Fsp3) is 0.233. The summed E-state index contributed by atoms with van der Waals surface area (Å²) in [4.78, 5) is 32.2. The molecule has 0 saturated heterocycles. The van der Waals surface area contributed by atoms with E-state index in [0.29, 0.717) is 31.9 Å². The Hall–Kier alpha value is -4.24. The molecule has 2 aromatic carbocycles. The number of methoxy groups -OCH3 is 1. The monoisotopic (exact) mass is 545 g/mol. The summed E-state index contributed by atoms with van der Waals surface area (Å²) in [6, 6.07) is 14.8. The summed E-state index contributed by atoms with van der Waals surface area (Å²) in [5.41, 5.74) is 4.74. The van der Waals surface area contributed by atoms with Crippen molar-refractivity contribution in [3.63, 3.8) is 0 Å². The van der Waals surface area contributed by atoms with Gasteiger partial charge in [-0.15, -0.1) is 0 Å². The van der Waals surface area contributed by atoms with E-state index in [2.05, 4.69) is 4.99 Å². The smallest absolute Gasteiger partial charge is 0.338 e. The quantitative estimate of drug-likeness (QED) is 0.338. The molecule has 1 aliphatic rings. The van der Waals surface area contributed by atoms with Crippen LogP contribution in [0, 0.1) is 19.7 Å². The predicted molar refractivity (Wildman–Crippen MR) is 149 cm³/mol. The maximum atomic E-state index is 14.0. The summed E-state index contributed by atoms with van der Waals surface area (Å²) < 4.78 is 28.5. The molecule has 1 atom stereocenters. The van der Waals surface area contributed by atoms with Crippen molar-refractivity contribution in [2.45, 2.75) is 33.7 Å². The minimum atomic E-state index is -0.759. The highest BCUT2D eigenvalue weighted by molar-refractivity contribution is 7.07. The number of aromatic nitrogens is 2. The number of carbonyl (C=O) groups is 1. The third-order valence-corrected chi connectivity index (χ3v) is 7.78. The second kappa shape index (κ2) is 10.5. The molecule has 0 radical (unpaired) electrons. The van der Waals surface area contributed by atoms with Crippen LogP contribution in [0.5, 0.6) is 5.75 Å². The SMILES string of the molecule is CCOC(=O)C1=C(C)N=c2s/c(=C\c3cc(C)n(-c4ccc(F)cc4)c3C)c(=O)n2[C@H]1c1ccccc1OC. The molecule has 0 unspecified atom stereocenters. The Morgan fingerprint density at radius 1 is 1.13 bits per heavy atom. The van der Waals surface area contributed by atoms with Crippen LogP contribution in [0.25, 0.3) is 11.8 Å². The zero-order valence-electron chi connectivity index (χ0n) is 22.3. The summed E-state index contributed by atoms with van der Waals surface area (Å²) in [5.74, 6) is -0.271. The van der Waals surface area contributed by atoms with Crippen LogP contribution in [0.4, 0.5) is 4.39 Å². The lowest BCUT2D eigenvalue weighted by molar-refractivity contribution is -0.139. The molecule has 3 heterocycles. The van der Waals surface area contributed by atoms with E-state index in [-0.39, 0.29) is 18.0 Å². The average Bonchev–Trinajstić information content (AvgIpc) is 3.37. The van der Waals surface area contributed by atoms with Gasteiger partial charge >= 0.3 is 5.97 Å². The molecule has 4 aromatic rings. The molecule has 200 valence electrons. The topological polar surface area (TPSA) is 74.8 Å². The van der Waals surface area contributed by atoms with E-state index in [1.165, 1.54) is 23.5 Å². The second-order valence-corrected chi connectivity index (χ2v) is 10.2. The minimum Gasteiger partial charge on any atom is -0.496 e. The van der Waals surface area contributed by atoms with Gasteiger partial charge in [0.1, 0.15) is 17.6 Å². The standard InChI is InChI=1S/C30H28FN3O4S/c1-6-38-29(36)26-18(3)32-30-34(27(26)23-9-7-8-10-24(23)37-5)28(35)25(39-30)16-20-15-17(2)33(19(20)4)22-13-11-21(31)12-14-22/h7-16,27H,6H2,1-5H3/b25-16-/t27-/m0/s1. The number of rotatable bonds is 6. The fourth-order valence-electron chi connectivity index (χ4n) is 5.04. The summed E-state index contributed by atoms with van der Waals surface area (Å²) in [5, 5.41) is 0. The third-order valence-electron chi connectivity index (χ3n) is 6.79. The molecule has 0 saturated carbocycles. The lowest BCUT2D eigenvalue weighted by Gasteiger charge is -2.25. The summed E-state index contributed by atoms with van der Waals surface area (Å²) in [6.45, 7) is 7.61. The molecule has 0 aliphatic carbocycles. The lowest BCUT2D eigenvalue weighted by Crippen LogP contribution is -2.40. The van der Waals surface area contributed by atoms with Gasteiger partial charge in [0.25, 0.3) is 5.56 Å². The number of esters is 1. The predicted octanol–water partition coefficient (Wildman–Crippen LogP) is 4.35. The van der Waals surface area contributed by atoms with Crippen molar-refractivity contribution in [1.29, 1.82) is 0 Å². The first-order chi connectivity index (χ1) is 18.7. The Morgan fingerprint density at radius 2 is 1.85 bits per heavy atom. The number of nitrogens with zero attached hydrogens (tertiary/aromatic N) is 3. The highest BCUT2D eigenvalue weighted by atomic mass is 32.1. The molecule has 0 bridgehead atoms. The van der Waals surface area contributed by atoms with Crippen LogP contribution in [0.15, 0.2) is 75.7 Å². The number of halogens is 1. The van der Waals surface area contributed by atoms with Crippen molar-refractivity contribution in [3.05, 3.63) is 114 Å². The van der Waals surface area contributed by atoms with Crippen LogP contribution in [0.3, 0.4) is 0 Å². The first-order valence-electron chi connectivity index (χ1n) is 12.5. The molecule has 0 N–H and O–H groups in total. The van der Waals surface area contributed by atoms with Crippen LogP contribution in [0.2, 0.25) is 0 Å². The van der Waals surface area contributed by atoms with Crippen molar-refractivity contribution < 1.29 is 18.7 Å². The number of hydrogen-bond donors (Lipinski definition) is 0. The van der Waals surface area contributed by atoms with Gasteiger partial charge in [0.2, 0.25) is 0 Å². The number of benzene rings is 2. The molecule has 39 heavy (non-hydrogen) atoms. The Morgan fingerprint density at radius 3 is 2.54 bits per heavy atom. The zero-order valence-corrected chi connectivity index (χ0v) is 23.1. The number of aryl methyl sites for hydroxylation is 1. The maximum Gasteiger partial charge on any atom is 0.338 e. The molecular formula is C30H28FN3O4S. The second-order valence-electron chi connectivity index (χ2n) is 9.18. The number of carbonyl (C=O) groups excluding carboxylic acids is 1. The molecule has 7 nitrogen and oxygen atoms in total. The van der Waals surface area contributed by atoms with Gasteiger partial charge in [-0.1, -0.05) is 29.5 Å². The molecule has 1 aliphatic heterocycles. The van der Waals surface area contributed by atoms with Crippen molar-refractivity contribution in [3.8, 4) is 11.4 Å².